The Morgan fingerprint density at radius 1 is 1.28 bits per heavy atom. The molecule has 1 saturated heterocycles. The van der Waals surface area contributed by atoms with Gasteiger partial charge in [-0.05, 0) is 19.8 Å². The van der Waals surface area contributed by atoms with E-state index in [0.717, 1.165) is 0 Å². The third-order valence-corrected chi connectivity index (χ3v) is 4.27. The normalized spacial score (nSPS) is 19.1. The van der Waals surface area contributed by atoms with Gasteiger partial charge < -0.3 is 20.2 Å². The standard InChI is InChI=1S/C17H29N3O5/c1-11(18-16(25)17(2,3)4)14(22)19(5)10-13(21)20-8-6-7-12(9-20)15(23)24/h11-12H,6-10H2,1-5H3,(H,18,25)(H,23,24). The second kappa shape index (κ2) is 8.31. The van der Waals surface area contributed by atoms with E-state index in [4.69, 9.17) is 5.11 Å². The maximum absolute atomic E-state index is 12.3. The molecule has 0 spiro atoms. The molecule has 1 rings (SSSR count). The lowest BCUT2D eigenvalue weighted by Gasteiger charge is -2.32. The van der Waals surface area contributed by atoms with E-state index in [1.54, 1.807) is 27.7 Å². The molecule has 2 atom stereocenters. The quantitative estimate of drug-likeness (QED) is 0.738. The summed E-state index contributed by atoms with van der Waals surface area (Å²) in [6, 6.07) is -0.738. The summed E-state index contributed by atoms with van der Waals surface area (Å²) in [7, 11) is 1.50. The number of hydrogen-bond acceptors (Lipinski definition) is 4. The Morgan fingerprint density at radius 2 is 1.88 bits per heavy atom. The molecule has 25 heavy (non-hydrogen) atoms. The van der Waals surface area contributed by atoms with E-state index in [9.17, 15) is 19.2 Å². The largest absolute Gasteiger partial charge is 0.481 e. The van der Waals surface area contributed by atoms with Crippen LogP contribution in [0.2, 0.25) is 0 Å². The first-order valence-corrected chi connectivity index (χ1v) is 8.50. The molecule has 0 radical (unpaired) electrons. The summed E-state index contributed by atoms with van der Waals surface area (Å²) in [5.74, 6) is -2.34. The molecule has 2 unspecified atom stereocenters. The smallest absolute Gasteiger partial charge is 0.308 e. The van der Waals surface area contributed by atoms with E-state index in [1.165, 1.54) is 16.8 Å². The average molecular weight is 355 g/mol. The monoisotopic (exact) mass is 355 g/mol. The van der Waals surface area contributed by atoms with Crippen LogP contribution < -0.4 is 5.32 Å². The number of nitrogens with one attached hydrogen (secondary N) is 1. The minimum Gasteiger partial charge on any atom is -0.481 e. The van der Waals surface area contributed by atoms with Crippen molar-refractivity contribution in [1.82, 2.24) is 15.1 Å². The van der Waals surface area contributed by atoms with Crippen LogP contribution in [0.3, 0.4) is 0 Å². The van der Waals surface area contributed by atoms with Gasteiger partial charge in [0.05, 0.1) is 12.5 Å². The number of hydrogen-bond donors (Lipinski definition) is 2. The van der Waals surface area contributed by atoms with Crippen LogP contribution in [0, 0.1) is 11.3 Å². The van der Waals surface area contributed by atoms with E-state index >= 15 is 0 Å². The molecular weight excluding hydrogens is 326 g/mol. The number of aliphatic carboxylic acids is 1. The summed E-state index contributed by atoms with van der Waals surface area (Å²) in [6.07, 6.45) is 1.20. The van der Waals surface area contributed by atoms with Crippen molar-refractivity contribution in [2.45, 2.75) is 46.6 Å². The van der Waals surface area contributed by atoms with Crippen molar-refractivity contribution in [1.29, 1.82) is 0 Å². The molecule has 3 amide bonds. The second-order valence-electron chi connectivity index (χ2n) is 7.66. The maximum atomic E-state index is 12.3. The number of piperidine rings is 1. The highest BCUT2D eigenvalue weighted by Gasteiger charge is 2.30. The van der Waals surface area contributed by atoms with Crippen LogP contribution >= 0.6 is 0 Å². The highest BCUT2D eigenvalue weighted by molar-refractivity contribution is 5.91. The van der Waals surface area contributed by atoms with Gasteiger partial charge in [0.2, 0.25) is 17.7 Å². The van der Waals surface area contributed by atoms with E-state index in [1.807, 2.05) is 0 Å². The Balaban J connectivity index is 2.57. The Morgan fingerprint density at radius 3 is 2.40 bits per heavy atom. The van der Waals surface area contributed by atoms with Gasteiger partial charge in [-0.25, -0.2) is 0 Å². The fourth-order valence-corrected chi connectivity index (χ4v) is 2.59. The minimum absolute atomic E-state index is 0.138. The Hall–Kier alpha value is -2.12. The van der Waals surface area contributed by atoms with E-state index in [2.05, 4.69) is 5.32 Å². The van der Waals surface area contributed by atoms with Gasteiger partial charge in [0.25, 0.3) is 0 Å². The number of rotatable bonds is 5. The zero-order valence-electron chi connectivity index (χ0n) is 15.7. The van der Waals surface area contributed by atoms with Gasteiger partial charge in [0, 0.05) is 25.6 Å². The molecule has 1 aliphatic heterocycles. The highest BCUT2D eigenvalue weighted by Crippen LogP contribution is 2.17. The predicted molar refractivity (Wildman–Crippen MR) is 91.6 cm³/mol. The van der Waals surface area contributed by atoms with Crippen LogP contribution in [-0.4, -0.2) is 71.3 Å². The van der Waals surface area contributed by atoms with Gasteiger partial charge in [-0.3, -0.25) is 19.2 Å². The van der Waals surface area contributed by atoms with E-state index < -0.39 is 23.3 Å². The number of likely N-dealkylation sites (N-methyl/N-ethyl adjacent to an activating group) is 1. The molecule has 1 fully saturated rings. The molecule has 0 saturated carbocycles. The van der Waals surface area contributed by atoms with Crippen molar-refractivity contribution < 1.29 is 24.3 Å². The molecule has 0 aliphatic carbocycles. The van der Waals surface area contributed by atoms with Crippen molar-refractivity contribution in [2.24, 2.45) is 11.3 Å². The van der Waals surface area contributed by atoms with Gasteiger partial charge in [0.15, 0.2) is 0 Å². The number of carbonyl (C=O) groups is 4. The summed E-state index contributed by atoms with van der Waals surface area (Å²) >= 11 is 0. The van der Waals surface area contributed by atoms with Crippen molar-refractivity contribution >= 4 is 23.7 Å². The average Bonchev–Trinajstić information content (AvgIpc) is 2.52. The molecule has 142 valence electrons. The van der Waals surface area contributed by atoms with Crippen LogP contribution in [0.25, 0.3) is 0 Å². The topological polar surface area (TPSA) is 107 Å². The molecule has 0 aromatic rings. The van der Waals surface area contributed by atoms with Crippen LogP contribution in [0.1, 0.15) is 40.5 Å². The van der Waals surface area contributed by atoms with Crippen LogP contribution in [0.15, 0.2) is 0 Å². The van der Waals surface area contributed by atoms with Gasteiger partial charge in [-0.15, -0.1) is 0 Å². The Labute approximate surface area is 148 Å². The van der Waals surface area contributed by atoms with Crippen molar-refractivity contribution in [3.05, 3.63) is 0 Å². The molecule has 1 aliphatic rings. The van der Waals surface area contributed by atoms with Crippen LogP contribution in [0.4, 0.5) is 0 Å². The Kier molecular flexibility index (Phi) is 6.96. The molecule has 0 aromatic carbocycles. The first kappa shape index (κ1) is 20.9. The van der Waals surface area contributed by atoms with Gasteiger partial charge >= 0.3 is 5.97 Å². The fourth-order valence-electron chi connectivity index (χ4n) is 2.59. The second-order valence-corrected chi connectivity index (χ2v) is 7.66. The molecule has 1 heterocycles. The van der Waals surface area contributed by atoms with Crippen molar-refractivity contribution in [3.63, 3.8) is 0 Å². The number of carboxylic acids is 1. The van der Waals surface area contributed by atoms with Gasteiger partial charge in [-0.1, -0.05) is 20.8 Å². The zero-order valence-corrected chi connectivity index (χ0v) is 15.7. The van der Waals surface area contributed by atoms with Crippen molar-refractivity contribution in [2.75, 3.05) is 26.7 Å². The Bertz CT molecular complexity index is 541. The summed E-state index contributed by atoms with van der Waals surface area (Å²) in [6.45, 7) is 7.37. The molecule has 0 bridgehead atoms. The third-order valence-electron chi connectivity index (χ3n) is 4.27. The summed E-state index contributed by atoms with van der Waals surface area (Å²) in [5.41, 5.74) is -0.609. The SMILES string of the molecule is CC(NC(=O)C(C)(C)C)C(=O)N(C)CC(=O)N1CCCC(C(=O)O)C1. The summed E-state index contributed by atoms with van der Waals surface area (Å²) < 4.78 is 0. The molecule has 8 nitrogen and oxygen atoms in total. The number of carboxylic acid groups (broad SMARTS) is 1. The van der Waals surface area contributed by atoms with Gasteiger partial charge in [0.1, 0.15) is 6.04 Å². The summed E-state index contributed by atoms with van der Waals surface area (Å²) in [5, 5.41) is 11.7. The lowest BCUT2D eigenvalue weighted by atomic mass is 9.95. The zero-order chi connectivity index (χ0) is 19.4. The first-order chi connectivity index (χ1) is 11.4. The van der Waals surface area contributed by atoms with E-state index in [0.29, 0.717) is 19.4 Å². The number of amides is 3. The first-order valence-electron chi connectivity index (χ1n) is 8.50. The van der Waals surface area contributed by atoms with Crippen molar-refractivity contribution in [3.8, 4) is 0 Å². The van der Waals surface area contributed by atoms with Crippen LogP contribution in [0.5, 0.6) is 0 Å². The minimum atomic E-state index is -0.902. The van der Waals surface area contributed by atoms with E-state index in [-0.39, 0.29) is 30.8 Å². The molecule has 0 aromatic heterocycles. The maximum Gasteiger partial charge on any atom is 0.308 e. The number of nitrogens with zero attached hydrogens (tertiary/aromatic N) is 2. The highest BCUT2D eigenvalue weighted by atomic mass is 16.4. The number of carbonyl (C=O) groups excluding carboxylic acids is 3. The van der Waals surface area contributed by atoms with Gasteiger partial charge in [-0.2, -0.15) is 0 Å². The molecule has 8 heteroatoms. The lowest BCUT2D eigenvalue weighted by molar-refractivity contribution is -0.147. The summed E-state index contributed by atoms with van der Waals surface area (Å²) in [4.78, 5) is 50.5. The number of likely N-dealkylation sites (tertiary alicyclic amines) is 1. The predicted octanol–water partition coefficient (Wildman–Crippen LogP) is 0.319. The third kappa shape index (κ3) is 6.03. The van der Waals surface area contributed by atoms with Crippen LogP contribution in [-0.2, 0) is 19.2 Å². The lowest BCUT2D eigenvalue weighted by Crippen LogP contribution is -2.52. The fraction of sp³-hybridized carbons (Fsp3) is 0.765. The molecule has 2 N–H and O–H groups in total. The molecular formula is C17H29N3O5.